The second-order valence-electron chi connectivity index (χ2n) is 5.78. The van der Waals surface area contributed by atoms with Crippen molar-refractivity contribution >= 4 is 17.5 Å². The first-order valence-electron chi connectivity index (χ1n) is 7.88. The Morgan fingerprint density at radius 1 is 1.17 bits per heavy atom. The van der Waals surface area contributed by atoms with Crippen molar-refractivity contribution in [3.05, 3.63) is 64.7 Å². The molecule has 5 heteroatoms. The van der Waals surface area contributed by atoms with E-state index >= 15 is 0 Å². The van der Waals surface area contributed by atoms with E-state index in [4.69, 9.17) is 16.3 Å². The van der Waals surface area contributed by atoms with E-state index in [9.17, 15) is 9.90 Å². The van der Waals surface area contributed by atoms with Gasteiger partial charge in [-0.05, 0) is 43.2 Å². The van der Waals surface area contributed by atoms with Crippen LogP contribution >= 0.6 is 11.6 Å². The fourth-order valence-corrected chi connectivity index (χ4v) is 2.37. The van der Waals surface area contributed by atoms with Crippen molar-refractivity contribution in [1.29, 1.82) is 0 Å². The molecule has 0 aliphatic carbocycles. The molecule has 1 atom stereocenters. The van der Waals surface area contributed by atoms with Crippen LogP contribution in [0.15, 0.2) is 48.5 Å². The molecule has 0 aliphatic rings. The van der Waals surface area contributed by atoms with E-state index in [1.54, 1.807) is 24.3 Å². The monoisotopic (exact) mass is 347 g/mol. The van der Waals surface area contributed by atoms with E-state index in [0.717, 1.165) is 12.0 Å². The maximum Gasteiger partial charge on any atom is 0.257 e. The molecule has 128 valence electrons. The van der Waals surface area contributed by atoms with Gasteiger partial charge in [0.15, 0.2) is 6.61 Å². The van der Waals surface area contributed by atoms with Gasteiger partial charge in [-0.3, -0.25) is 4.79 Å². The Hall–Kier alpha value is -2.04. The van der Waals surface area contributed by atoms with Crippen molar-refractivity contribution in [1.82, 2.24) is 5.32 Å². The summed E-state index contributed by atoms with van der Waals surface area (Å²) in [5, 5.41) is 12.9. The molecule has 24 heavy (non-hydrogen) atoms. The molecule has 0 bridgehead atoms. The van der Waals surface area contributed by atoms with Crippen molar-refractivity contribution in [2.75, 3.05) is 19.8 Å². The molecule has 0 radical (unpaired) electrons. The van der Waals surface area contributed by atoms with Crippen LogP contribution in [-0.2, 0) is 11.2 Å². The minimum atomic E-state index is -0.215. The fraction of sp³-hybridized carbons (Fsp3) is 0.316. The summed E-state index contributed by atoms with van der Waals surface area (Å²) in [5.41, 5.74) is 2.35. The van der Waals surface area contributed by atoms with Crippen molar-refractivity contribution in [2.24, 2.45) is 5.92 Å². The van der Waals surface area contributed by atoms with Crippen molar-refractivity contribution in [2.45, 2.75) is 13.3 Å². The summed E-state index contributed by atoms with van der Waals surface area (Å²) in [5.74, 6) is 0.354. The first-order valence-corrected chi connectivity index (χ1v) is 8.26. The van der Waals surface area contributed by atoms with Crippen molar-refractivity contribution < 1.29 is 14.6 Å². The summed E-state index contributed by atoms with van der Waals surface area (Å²) in [4.78, 5) is 11.9. The summed E-state index contributed by atoms with van der Waals surface area (Å²) in [7, 11) is 0. The average molecular weight is 348 g/mol. The van der Waals surface area contributed by atoms with Crippen LogP contribution in [0.2, 0.25) is 5.02 Å². The lowest BCUT2D eigenvalue weighted by Crippen LogP contribution is -2.35. The second kappa shape index (κ2) is 9.30. The summed E-state index contributed by atoms with van der Waals surface area (Å²) < 4.78 is 5.39. The number of nitrogens with one attached hydrogen (secondary N) is 1. The zero-order valence-electron chi connectivity index (χ0n) is 13.7. The highest BCUT2D eigenvalue weighted by atomic mass is 35.5. The van der Waals surface area contributed by atoms with Gasteiger partial charge >= 0.3 is 0 Å². The van der Waals surface area contributed by atoms with Crippen LogP contribution in [0.25, 0.3) is 0 Å². The Morgan fingerprint density at radius 3 is 2.46 bits per heavy atom. The average Bonchev–Trinajstić information content (AvgIpc) is 2.59. The highest BCUT2D eigenvalue weighted by Gasteiger charge is 2.11. The maximum absolute atomic E-state index is 11.9. The number of hydrogen-bond acceptors (Lipinski definition) is 3. The van der Waals surface area contributed by atoms with Gasteiger partial charge in [0.25, 0.3) is 5.91 Å². The quantitative estimate of drug-likeness (QED) is 0.771. The van der Waals surface area contributed by atoms with Crippen molar-refractivity contribution in [3.8, 4) is 5.75 Å². The SMILES string of the molecule is Cc1ccc(C[C@@H](CO)CNC(=O)COc2ccc(Cl)cc2)cc1. The van der Waals surface area contributed by atoms with E-state index in [2.05, 4.69) is 5.32 Å². The van der Waals surface area contributed by atoms with Crippen LogP contribution in [0, 0.1) is 12.8 Å². The van der Waals surface area contributed by atoms with Crippen LogP contribution in [0.5, 0.6) is 5.75 Å². The highest BCUT2D eigenvalue weighted by molar-refractivity contribution is 6.30. The standard InChI is InChI=1S/C19H22ClNO3/c1-14-2-4-15(5-3-14)10-16(12-22)11-21-19(23)13-24-18-8-6-17(20)7-9-18/h2-9,16,22H,10-13H2,1H3,(H,21,23)/t16-/m1/s1. The summed E-state index contributed by atoms with van der Waals surface area (Å²) in [6, 6.07) is 15.0. The molecular formula is C19H22ClNO3. The van der Waals surface area contributed by atoms with Gasteiger partial charge in [-0.2, -0.15) is 0 Å². The smallest absolute Gasteiger partial charge is 0.257 e. The molecule has 0 heterocycles. The molecule has 1 amide bonds. The normalized spacial score (nSPS) is 11.8. The van der Waals surface area contributed by atoms with E-state index in [1.807, 2.05) is 31.2 Å². The summed E-state index contributed by atoms with van der Waals surface area (Å²) >= 11 is 5.79. The molecule has 0 saturated heterocycles. The van der Waals surface area contributed by atoms with Gasteiger partial charge in [0.2, 0.25) is 0 Å². The fourth-order valence-electron chi connectivity index (χ4n) is 2.25. The maximum atomic E-state index is 11.9. The van der Waals surface area contributed by atoms with E-state index in [-0.39, 0.29) is 25.0 Å². The third-order valence-electron chi connectivity index (χ3n) is 3.67. The van der Waals surface area contributed by atoms with Crippen LogP contribution in [0.3, 0.4) is 0 Å². The predicted octanol–water partition coefficient (Wildman–Crippen LogP) is 2.99. The molecule has 2 aromatic rings. The van der Waals surface area contributed by atoms with Crippen LogP contribution < -0.4 is 10.1 Å². The van der Waals surface area contributed by atoms with Gasteiger partial charge in [-0.15, -0.1) is 0 Å². The largest absolute Gasteiger partial charge is 0.484 e. The van der Waals surface area contributed by atoms with Crippen LogP contribution in [-0.4, -0.2) is 30.8 Å². The number of ether oxygens (including phenoxy) is 1. The number of hydrogen-bond donors (Lipinski definition) is 2. The minimum absolute atomic E-state index is 0.0200. The predicted molar refractivity (Wildman–Crippen MR) is 95.4 cm³/mol. The van der Waals surface area contributed by atoms with Gasteiger partial charge in [0.05, 0.1) is 0 Å². The Labute approximate surface area is 147 Å². The lowest BCUT2D eigenvalue weighted by Gasteiger charge is -2.15. The topological polar surface area (TPSA) is 58.6 Å². The van der Waals surface area contributed by atoms with E-state index < -0.39 is 0 Å². The number of amides is 1. The summed E-state index contributed by atoms with van der Waals surface area (Å²) in [6.07, 6.45) is 0.717. The lowest BCUT2D eigenvalue weighted by atomic mass is 9.99. The third-order valence-corrected chi connectivity index (χ3v) is 3.93. The number of rotatable bonds is 8. The molecular weight excluding hydrogens is 326 g/mol. The lowest BCUT2D eigenvalue weighted by molar-refractivity contribution is -0.123. The molecule has 0 saturated carbocycles. The Kier molecular flexibility index (Phi) is 7.09. The number of aliphatic hydroxyl groups excluding tert-OH is 1. The summed E-state index contributed by atoms with van der Waals surface area (Å²) in [6.45, 7) is 2.40. The van der Waals surface area contributed by atoms with E-state index in [1.165, 1.54) is 5.56 Å². The number of halogens is 1. The number of benzene rings is 2. The Bertz CT molecular complexity index is 641. The first kappa shape index (κ1) is 18.3. The molecule has 2 aromatic carbocycles. The zero-order chi connectivity index (χ0) is 17.4. The number of aryl methyl sites for hydroxylation is 1. The van der Waals surface area contributed by atoms with Gasteiger partial charge in [0.1, 0.15) is 5.75 Å². The highest BCUT2D eigenvalue weighted by Crippen LogP contribution is 2.15. The molecule has 0 fully saturated rings. The Morgan fingerprint density at radius 2 is 1.83 bits per heavy atom. The molecule has 2 rings (SSSR count). The molecule has 0 aromatic heterocycles. The zero-order valence-corrected chi connectivity index (χ0v) is 14.4. The molecule has 0 spiro atoms. The Balaban J connectivity index is 1.74. The van der Waals surface area contributed by atoms with Crippen LogP contribution in [0.4, 0.5) is 0 Å². The van der Waals surface area contributed by atoms with Crippen molar-refractivity contribution in [3.63, 3.8) is 0 Å². The minimum Gasteiger partial charge on any atom is -0.484 e. The third kappa shape index (κ3) is 6.22. The van der Waals surface area contributed by atoms with Crippen LogP contribution in [0.1, 0.15) is 11.1 Å². The molecule has 4 nitrogen and oxygen atoms in total. The van der Waals surface area contributed by atoms with E-state index in [0.29, 0.717) is 17.3 Å². The first-order chi connectivity index (χ1) is 11.6. The van der Waals surface area contributed by atoms with Gasteiger partial charge < -0.3 is 15.2 Å². The van der Waals surface area contributed by atoms with Gasteiger partial charge in [-0.1, -0.05) is 41.4 Å². The molecule has 2 N–H and O–H groups in total. The van der Waals surface area contributed by atoms with Gasteiger partial charge in [-0.25, -0.2) is 0 Å². The van der Waals surface area contributed by atoms with Gasteiger partial charge in [0, 0.05) is 24.1 Å². The number of aliphatic hydroxyl groups is 1. The number of carbonyl (C=O) groups excluding carboxylic acids is 1. The molecule has 0 aliphatic heterocycles. The number of carbonyl (C=O) groups is 1. The second-order valence-corrected chi connectivity index (χ2v) is 6.22. The molecule has 0 unspecified atom stereocenters.